The number of amides is 1. The summed E-state index contributed by atoms with van der Waals surface area (Å²) < 4.78 is 11.2. The largest absolute Gasteiger partial charge is 0.507 e. The molecule has 3 heterocycles. The Labute approximate surface area is 260 Å². The summed E-state index contributed by atoms with van der Waals surface area (Å²) in [4.78, 5) is 40.5. The van der Waals surface area contributed by atoms with Gasteiger partial charge in [-0.05, 0) is 66.1 Å². The molecule has 9 nitrogen and oxygen atoms in total. The van der Waals surface area contributed by atoms with Gasteiger partial charge in [0, 0.05) is 22.8 Å². The molecule has 1 N–H and O–H groups in total. The summed E-state index contributed by atoms with van der Waals surface area (Å²) in [6.45, 7) is 1.95. The van der Waals surface area contributed by atoms with Gasteiger partial charge in [-0.1, -0.05) is 59.0 Å². The van der Waals surface area contributed by atoms with E-state index in [0.29, 0.717) is 38.2 Å². The zero-order valence-electron chi connectivity index (χ0n) is 22.9. The van der Waals surface area contributed by atoms with Crippen molar-refractivity contribution in [1.82, 2.24) is 10.2 Å². The number of Topliss-reactive ketones (excluding diaryl/α,β-unsaturated/α-hetero) is 1. The molecule has 0 bridgehead atoms. The lowest BCUT2D eigenvalue weighted by Crippen LogP contribution is -2.29. The molecule has 1 fully saturated rings. The second-order valence-electron chi connectivity index (χ2n) is 10.0. The lowest BCUT2D eigenvalue weighted by Gasteiger charge is -2.22. The first-order valence-corrected chi connectivity index (χ1v) is 15.4. The molecule has 4 aromatic rings. The van der Waals surface area contributed by atoms with Crippen LogP contribution in [0.5, 0.6) is 5.75 Å². The molecule has 0 saturated carbocycles. The van der Waals surface area contributed by atoms with Crippen LogP contribution in [0.1, 0.15) is 45.6 Å². The highest BCUT2D eigenvalue weighted by Gasteiger charge is 2.48. The third-order valence-corrected chi connectivity index (χ3v) is 9.52. The molecule has 0 unspecified atom stereocenters. The maximum Gasteiger partial charge on any atom is 0.337 e. The lowest BCUT2D eigenvalue weighted by molar-refractivity contribution is -0.132. The monoisotopic (exact) mass is 633 g/mol. The summed E-state index contributed by atoms with van der Waals surface area (Å²) in [5.41, 5.74) is 3.03. The lowest BCUT2D eigenvalue weighted by atomic mass is 9.94. The average Bonchev–Trinajstić information content (AvgIpc) is 3.71. The van der Waals surface area contributed by atoms with Crippen LogP contribution in [0.25, 0.3) is 5.76 Å². The van der Waals surface area contributed by atoms with Gasteiger partial charge in [-0.25, -0.2) is 4.79 Å². The number of nitrogens with zero attached hydrogens (tertiary/aromatic N) is 3. The molecule has 0 aliphatic carbocycles. The van der Waals surface area contributed by atoms with E-state index in [-0.39, 0.29) is 22.6 Å². The number of halogens is 1. The van der Waals surface area contributed by atoms with E-state index in [1.807, 2.05) is 31.2 Å². The fourth-order valence-electron chi connectivity index (χ4n) is 5.07. The van der Waals surface area contributed by atoms with Gasteiger partial charge >= 0.3 is 11.9 Å². The molecular formula is C31H24ClN3O6S2. The number of ketones is 1. The van der Waals surface area contributed by atoms with E-state index in [1.165, 1.54) is 35.1 Å². The minimum absolute atomic E-state index is 0.00420. The van der Waals surface area contributed by atoms with Crippen LogP contribution in [-0.2, 0) is 26.5 Å². The van der Waals surface area contributed by atoms with Gasteiger partial charge in [0.15, 0.2) is 4.34 Å². The Kier molecular flexibility index (Phi) is 7.95. The molecule has 43 heavy (non-hydrogen) atoms. The fraction of sp³-hybridized carbons (Fsp3) is 0.194. The van der Waals surface area contributed by atoms with Gasteiger partial charge < -0.3 is 14.6 Å². The van der Waals surface area contributed by atoms with Crippen LogP contribution in [0, 0.1) is 0 Å². The Bertz CT molecular complexity index is 1770. The first-order chi connectivity index (χ1) is 20.7. The second kappa shape index (κ2) is 11.8. The average molecular weight is 634 g/mol. The first kappa shape index (κ1) is 28.9. The molecule has 1 saturated heterocycles. The van der Waals surface area contributed by atoms with Crippen LogP contribution in [0.2, 0.25) is 5.02 Å². The van der Waals surface area contributed by atoms with Crippen LogP contribution in [0.4, 0.5) is 5.13 Å². The number of aliphatic hydroxyl groups is 1. The van der Waals surface area contributed by atoms with Crippen LogP contribution in [-0.4, -0.2) is 46.2 Å². The number of fused-ring (bicyclic) bond motifs is 1. The molecule has 2 aliphatic rings. The van der Waals surface area contributed by atoms with Gasteiger partial charge in [-0.3, -0.25) is 14.5 Å². The third-order valence-electron chi connectivity index (χ3n) is 7.14. The number of hydrogen-bond acceptors (Lipinski definition) is 10. The summed E-state index contributed by atoms with van der Waals surface area (Å²) in [6, 6.07) is 18.0. The normalized spacial score (nSPS) is 18.9. The fourth-order valence-corrected chi connectivity index (χ4v) is 7.02. The highest BCUT2D eigenvalue weighted by atomic mass is 35.5. The Morgan fingerprint density at radius 1 is 1.09 bits per heavy atom. The highest BCUT2D eigenvalue weighted by molar-refractivity contribution is 8.00. The Morgan fingerprint density at radius 2 is 1.81 bits per heavy atom. The van der Waals surface area contributed by atoms with Crippen molar-refractivity contribution >= 4 is 63.3 Å². The molecule has 0 radical (unpaired) electrons. The van der Waals surface area contributed by atoms with E-state index in [0.717, 1.165) is 16.9 Å². The molecule has 12 heteroatoms. The summed E-state index contributed by atoms with van der Waals surface area (Å²) in [7, 11) is 1.28. The molecule has 0 spiro atoms. The molecule has 1 aromatic heterocycles. The van der Waals surface area contributed by atoms with Crippen molar-refractivity contribution in [1.29, 1.82) is 0 Å². The zero-order valence-corrected chi connectivity index (χ0v) is 25.3. The van der Waals surface area contributed by atoms with E-state index in [1.54, 1.807) is 42.5 Å². The van der Waals surface area contributed by atoms with E-state index in [9.17, 15) is 19.5 Å². The quantitative estimate of drug-likeness (QED) is 0.0632. The number of methoxy groups -OCH3 is 1. The van der Waals surface area contributed by atoms with Crippen molar-refractivity contribution < 1.29 is 29.0 Å². The van der Waals surface area contributed by atoms with Crippen LogP contribution in [0.3, 0.4) is 0 Å². The van der Waals surface area contributed by atoms with Gasteiger partial charge in [0.25, 0.3) is 5.78 Å². The van der Waals surface area contributed by atoms with Crippen molar-refractivity contribution in [3.8, 4) is 5.75 Å². The number of hydrogen-bond donors (Lipinski definition) is 1. The Morgan fingerprint density at radius 3 is 2.53 bits per heavy atom. The van der Waals surface area contributed by atoms with Crippen molar-refractivity contribution in [2.75, 3.05) is 12.0 Å². The maximum atomic E-state index is 13.6. The number of aliphatic hydroxyl groups excluding tert-OH is 1. The Balaban J connectivity index is 1.39. The molecular weight excluding hydrogens is 610 g/mol. The number of benzene rings is 3. The van der Waals surface area contributed by atoms with Crippen molar-refractivity contribution in [2.24, 2.45) is 0 Å². The van der Waals surface area contributed by atoms with Crippen LogP contribution in [0.15, 0.2) is 76.6 Å². The molecule has 2 aliphatic heterocycles. The van der Waals surface area contributed by atoms with Crippen molar-refractivity contribution in [2.45, 2.75) is 35.6 Å². The van der Waals surface area contributed by atoms with Gasteiger partial charge in [0.2, 0.25) is 5.13 Å². The summed E-state index contributed by atoms with van der Waals surface area (Å²) >= 11 is 8.59. The minimum atomic E-state index is -1.02. The van der Waals surface area contributed by atoms with E-state index in [2.05, 4.69) is 10.2 Å². The predicted molar refractivity (Wildman–Crippen MR) is 164 cm³/mol. The summed E-state index contributed by atoms with van der Waals surface area (Å²) in [6.07, 6.45) is 0.653. The number of thioether (sulfide) groups is 1. The van der Waals surface area contributed by atoms with Crippen molar-refractivity contribution in [3.63, 3.8) is 0 Å². The van der Waals surface area contributed by atoms with E-state index >= 15 is 0 Å². The topological polar surface area (TPSA) is 119 Å². The van der Waals surface area contributed by atoms with Gasteiger partial charge in [0.05, 0.1) is 24.3 Å². The summed E-state index contributed by atoms with van der Waals surface area (Å²) in [5.74, 6) is -1.21. The molecule has 2 atom stereocenters. The van der Waals surface area contributed by atoms with Crippen LogP contribution < -0.4 is 9.64 Å². The van der Waals surface area contributed by atoms with E-state index < -0.39 is 23.7 Å². The van der Waals surface area contributed by atoms with Crippen molar-refractivity contribution in [3.05, 3.63) is 105 Å². The standard InChI is InChI=1S/C31H24ClN3O6S2/c1-16-13-21-14-20(9-12-23(21)41-16)26(36)24-25(18-5-7-19(8-6-18)29(39)40-2)35(28(38)27(24)37)30-33-34-31(43-30)42-15-17-3-10-22(32)11-4-17/h3-12,14,16,25,36H,13,15H2,1-2H3/b26-24+/t16-,25+/m1/s1. The van der Waals surface area contributed by atoms with Gasteiger partial charge in [0.1, 0.15) is 17.6 Å². The van der Waals surface area contributed by atoms with Gasteiger partial charge in [-0.2, -0.15) is 0 Å². The number of aromatic nitrogens is 2. The summed E-state index contributed by atoms with van der Waals surface area (Å²) in [5, 5.41) is 20.9. The Hall–Kier alpha value is -4.19. The smallest absolute Gasteiger partial charge is 0.337 e. The predicted octanol–water partition coefficient (Wildman–Crippen LogP) is 6.22. The second-order valence-corrected chi connectivity index (χ2v) is 12.6. The molecule has 218 valence electrons. The number of rotatable bonds is 7. The number of esters is 1. The number of carbonyl (C=O) groups is 3. The molecule has 1 amide bonds. The molecule has 6 rings (SSSR count). The zero-order chi connectivity index (χ0) is 30.2. The maximum absolute atomic E-state index is 13.6. The number of carbonyl (C=O) groups excluding carboxylic acids is 3. The SMILES string of the molecule is COC(=O)c1ccc([C@H]2/C(=C(\O)c3ccc4c(c3)C[C@@H](C)O4)C(=O)C(=O)N2c2nnc(SCc3ccc(Cl)cc3)s2)cc1. The van der Waals surface area contributed by atoms with Crippen LogP contribution >= 0.6 is 34.7 Å². The number of anilines is 1. The van der Waals surface area contributed by atoms with E-state index in [4.69, 9.17) is 21.1 Å². The first-order valence-electron chi connectivity index (χ1n) is 13.2. The molecule has 3 aromatic carbocycles. The highest BCUT2D eigenvalue weighted by Crippen LogP contribution is 2.44. The third kappa shape index (κ3) is 5.63. The number of ether oxygens (including phenoxy) is 2. The minimum Gasteiger partial charge on any atom is -0.507 e. The van der Waals surface area contributed by atoms with Gasteiger partial charge in [-0.15, -0.1) is 10.2 Å².